The molecule has 0 radical (unpaired) electrons. The Hall–Kier alpha value is -1.86. The van der Waals surface area contributed by atoms with E-state index >= 15 is 0 Å². The quantitative estimate of drug-likeness (QED) is 0.822. The van der Waals surface area contributed by atoms with Crippen molar-refractivity contribution in [2.24, 2.45) is 0 Å². The monoisotopic (exact) mass is 347 g/mol. The van der Waals surface area contributed by atoms with Gasteiger partial charge < -0.3 is 10.2 Å². The average molecular weight is 347 g/mol. The number of hydrogen-bond acceptors (Lipinski definition) is 5. The van der Waals surface area contributed by atoms with Gasteiger partial charge >= 0.3 is 0 Å². The van der Waals surface area contributed by atoms with E-state index in [0.29, 0.717) is 25.2 Å². The molecule has 0 unspecified atom stereocenters. The molecule has 2 heterocycles. The van der Waals surface area contributed by atoms with Crippen LogP contribution >= 0.6 is 11.8 Å². The number of carbonyl (C=O) groups is 3. The van der Waals surface area contributed by atoms with Crippen molar-refractivity contribution in [3.8, 4) is 0 Å². The Morgan fingerprint density at radius 1 is 1.25 bits per heavy atom. The van der Waals surface area contributed by atoms with Crippen LogP contribution in [0.25, 0.3) is 0 Å². The Bertz CT molecular complexity index is 658. The third kappa shape index (κ3) is 3.32. The molecule has 1 atom stereocenters. The molecule has 2 aliphatic heterocycles. The lowest BCUT2D eigenvalue weighted by molar-refractivity contribution is -0.137. The minimum absolute atomic E-state index is 0.0104. The maximum atomic E-state index is 12.8. The highest BCUT2D eigenvalue weighted by atomic mass is 32.2. The van der Waals surface area contributed by atoms with Crippen molar-refractivity contribution in [2.45, 2.75) is 23.5 Å². The first-order valence-electron chi connectivity index (χ1n) is 8.21. The third-order valence-corrected chi connectivity index (χ3v) is 5.57. The van der Waals surface area contributed by atoms with Crippen molar-refractivity contribution < 1.29 is 14.4 Å². The molecule has 128 valence electrons. The number of imide groups is 1. The maximum absolute atomic E-state index is 12.8. The van der Waals surface area contributed by atoms with Crippen LogP contribution in [-0.4, -0.2) is 65.5 Å². The van der Waals surface area contributed by atoms with Gasteiger partial charge in [0.1, 0.15) is 0 Å². The van der Waals surface area contributed by atoms with Gasteiger partial charge in [0.25, 0.3) is 5.91 Å². The summed E-state index contributed by atoms with van der Waals surface area (Å²) in [5, 5.41) is 2.79. The molecule has 3 amide bonds. The minimum atomic E-state index is -0.436. The Kier molecular flexibility index (Phi) is 5.20. The van der Waals surface area contributed by atoms with Crippen molar-refractivity contribution >= 4 is 29.5 Å². The minimum Gasteiger partial charge on any atom is -0.336 e. The van der Waals surface area contributed by atoms with E-state index in [4.69, 9.17) is 0 Å². The Balaban J connectivity index is 1.78. The standard InChI is InChI=1S/C17H21N3O3S/c1-2-20-15(21)11-14(17(20)23)24-13-6-4-3-5-12(13)16(22)19-9-7-18-8-10-19/h3-6,14,18H,2,7-11H2,1H3/t14-/m1/s1. The van der Waals surface area contributed by atoms with Gasteiger partial charge in [-0.3, -0.25) is 19.3 Å². The largest absolute Gasteiger partial charge is 0.336 e. The molecule has 2 aliphatic rings. The summed E-state index contributed by atoms with van der Waals surface area (Å²) in [5.41, 5.74) is 0.611. The molecule has 1 aromatic rings. The summed E-state index contributed by atoms with van der Waals surface area (Å²) in [6.07, 6.45) is 0.202. The number of thioether (sulfide) groups is 1. The normalized spacial score (nSPS) is 21.5. The van der Waals surface area contributed by atoms with Crippen molar-refractivity contribution in [2.75, 3.05) is 32.7 Å². The highest BCUT2D eigenvalue weighted by molar-refractivity contribution is 8.00. The van der Waals surface area contributed by atoms with Gasteiger partial charge in [-0.1, -0.05) is 12.1 Å². The second-order valence-corrected chi connectivity index (χ2v) is 7.07. The third-order valence-electron chi connectivity index (χ3n) is 4.31. The topological polar surface area (TPSA) is 69.7 Å². The average Bonchev–Trinajstić information content (AvgIpc) is 2.88. The number of benzene rings is 1. The highest BCUT2D eigenvalue weighted by Crippen LogP contribution is 2.33. The molecular weight excluding hydrogens is 326 g/mol. The molecule has 0 aromatic heterocycles. The molecule has 2 saturated heterocycles. The summed E-state index contributed by atoms with van der Waals surface area (Å²) in [4.78, 5) is 40.9. The zero-order valence-electron chi connectivity index (χ0n) is 13.7. The predicted molar refractivity (Wildman–Crippen MR) is 91.9 cm³/mol. The second-order valence-electron chi connectivity index (χ2n) is 5.83. The lowest BCUT2D eigenvalue weighted by atomic mass is 10.2. The van der Waals surface area contributed by atoms with Gasteiger partial charge in [0.15, 0.2) is 0 Å². The molecule has 6 nitrogen and oxygen atoms in total. The summed E-state index contributed by atoms with van der Waals surface area (Å²) >= 11 is 1.33. The van der Waals surface area contributed by atoms with E-state index in [-0.39, 0.29) is 24.1 Å². The zero-order valence-corrected chi connectivity index (χ0v) is 14.5. The molecule has 3 rings (SSSR count). The number of amides is 3. The van der Waals surface area contributed by atoms with Crippen LogP contribution in [0.3, 0.4) is 0 Å². The summed E-state index contributed by atoms with van der Waals surface area (Å²) < 4.78 is 0. The van der Waals surface area contributed by atoms with Crippen LogP contribution in [0, 0.1) is 0 Å². The lowest BCUT2D eigenvalue weighted by Crippen LogP contribution is -2.46. The SMILES string of the molecule is CCN1C(=O)C[C@@H](Sc2ccccc2C(=O)N2CCNCC2)C1=O. The molecule has 0 aliphatic carbocycles. The van der Waals surface area contributed by atoms with Gasteiger partial charge in [-0.2, -0.15) is 0 Å². The van der Waals surface area contributed by atoms with Crippen LogP contribution in [-0.2, 0) is 9.59 Å². The predicted octanol–water partition coefficient (Wildman–Crippen LogP) is 0.972. The number of carbonyl (C=O) groups excluding carboxylic acids is 3. The van der Waals surface area contributed by atoms with Gasteiger partial charge in [-0.05, 0) is 19.1 Å². The number of rotatable bonds is 4. The van der Waals surface area contributed by atoms with Gasteiger partial charge in [-0.15, -0.1) is 11.8 Å². The Morgan fingerprint density at radius 2 is 1.96 bits per heavy atom. The molecule has 0 saturated carbocycles. The zero-order chi connectivity index (χ0) is 17.1. The number of nitrogens with zero attached hydrogens (tertiary/aromatic N) is 2. The fourth-order valence-electron chi connectivity index (χ4n) is 3.01. The van der Waals surface area contributed by atoms with Crippen LogP contribution < -0.4 is 5.32 Å². The first-order chi connectivity index (χ1) is 11.6. The molecular formula is C17H21N3O3S. The highest BCUT2D eigenvalue weighted by Gasteiger charge is 2.38. The van der Waals surface area contributed by atoms with E-state index in [1.807, 2.05) is 23.1 Å². The van der Waals surface area contributed by atoms with Gasteiger partial charge in [0.2, 0.25) is 11.8 Å². The first kappa shape index (κ1) is 17.0. The van der Waals surface area contributed by atoms with Crippen molar-refractivity contribution in [1.82, 2.24) is 15.1 Å². The number of hydrogen-bond donors (Lipinski definition) is 1. The fraction of sp³-hybridized carbons (Fsp3) is 0.471. The van der Waals surface area contributed by atoms with E-state index in [9.17, 15) is 14.4 Å². The Morgan fingerprint density at radius 3 is 2.62 bits per heavy atom. The van der Waals surface area contributed by atoms with Crippen molar-refractivity contribution in [3.05, 3.63) is 29.8 Å². The fourth-order valence-corrected chi connectivity index (χ4v) is 4.21. The smallest absolute Gasteiger partial charge is 0.255 e. The summed E-state index contributed by atoms with van der Waals surface area (Å²) in [7, 11) is 0. The molecule has 24 heavy (non-hydrogen) atoms. The molecule has 1 aromatic carbocycles. The summed E-state index contributed by atoms with van der Waals surface area (Å²) in [6, 6.07) is 7.34. The Labute approximate surface area is 145 Å². The van der Waals surface area contributed by atoms with Crippen LogP contribution in [0.1, 0.15) is 23.7 Å². The number of nitrogens with one attached hydrogen (secondary N) is 1. The molecule has 7 heteroatoms. The van der Waals surface area contributed by atoms with Crippen molar-refractivity contribution in [3.63, 3.8) is 0 Å². The molecule has 0 spiro atoms. The van der Waals surface area contributed by atoms with Crippen LogP contribution in [0.15, 0.2) is 29.2 Å². The first-order valence-corrected chi connectivity index (χ1v) is 9.09. The van der Waals surface area contributed by atoms with Crippen LogP contribution in [0.2, 0.25) is 0 Å². The number of likely N-dealkylation sites (tertiary alicyclic amines) is 1. The van der Waals surface area contributed by atoms with Gasteiger partial charge in [-0.25, -0.2) is 0 Å². The molecule has 1 N–H and O–H groups in total. The van der Waals surface area contributed by atoms with E-state index < -0.39 is 5.25 Å². The van der Waals surface area contributed by atoms with E-state index in [0.717, 1.165) is 18.0 Å². The van der Waals surface area contributed by atoms with E-state index in [2.05, 4.69) is 5.32 Å². The molecule has 2 fully saturated rings. The van der Waals surface area contributed by atoms with Crippen LogP contribution in [0.4, 0.5) is 0 Å². The maximum Gasteiger partial charge on any atom is 0.255 e. The van der Waals surface area contributed by atoms with Gasteiger partial charge in [0.05, 0.1) is 10.8 Å². The summed E-state index contributed by atoms with van der Waals surface area (Å²) in [5.74, 6) is -0.299. The van der Waals surface area contributed by atoms with Gasteiger partial charge in [0, 0.05) is 44.0 Å². The second kappa shape index (κ2) is 7.36. The van der Waals surface area contributed by atoms with E-state index in [1.54, 1.807) is 13.0 Å². The van der Waals surface area contributed by atoms with Crippen molar-refractivity contribution in [1.29, 1.82) is 0 Å². The van der Waals surface area contributed by atoms with Crippen LogP contribution in [0.5, 0.6) is 0 Å². The number of piperazine rings is 1. The molecule has 0 bridgehead atoms. The summed E-state index contributed by atoms with van der Waals surface area (Å²) in [6.45, 7) is 5.15. The lowest BCUT2D eigenvalue weighted by Gasteiger charge is -2.28. The van der Waals surface area contributed by atoms with E-state index in [1.165, 1.54) is 16.7 Å².